The molecule has 120 valence electrons. The van der Waals surface area contributed by atoms with E-state index in [0.717, 1.165) is 4.88 Å². The second-order valence-corrected chi connectivity index (χ2v) is 7.19. The summed E-state index contributed by atoms with van der Waals surface area (Å²) < 4.78 is 5.25. The van der Waals surface area contributed by atoms with Crippen molar-refractivity contribution < 1.29 is 9.32 Å². The first-order valence-corrected chi connectivity index (χ1v) is 8.89. The summed E-state index contributed by atoms with van der Waals surface area (Å²) in [5.41, 5.74) is 0.303. The van der Waals surface area contributed by atoms with Crippen LogP contribution in [0.3, 0.4) is 0 Å². The van der Waals surface area contributed by atoms with Crippen molar-refractivity contribution in [3.05, 3.63) is 51.7 Å². The number of carbonyl (C=O) groups is 1. The van der Waals surface area contributed by atoms with Crippen LogP contribution in [0, 0.1) is 0 Å². The summed E-state index contributed by atoms with van der Waals surface area (Å²) in [6.45, 7) is 0.521. The van der Waals surface area contributed by atoms with Crippen molar-refractivity contribution in [2.24, 2.45) is 0 Å². The predicted molar refractivity (Wildman–Crippen MR) is 92.9 cm³/mol. The van der Waals surface area contributed by atoms with E-state index in [1.165, 1.54) is 4.88 Å². The van der Waals surface area contributed by atoms with Gasteiger partial charge in [0.25, 0.3) is 5.91 Å². The highest BCUT2D eigenvalue weighted by atomic mass is 32.1. The minimum Gasteiger partial charge on any atom is -0.355 e. The number of thiophene rings is 2. The van der Waals surface area contributed by atoms with Gasteiger partial charge in [-0.05, 0) is 37.0 Å². The summed E-state index contributed by atoms with van der Waals surface area (Å²) in [5.74, 6) is 0.396. The molecular formula is C16H17N3O2S2. The van der Waals surface area contributed by atoms with Crippen LogP contribution in [0.2, 0.25) is 0 Å². The molecule has 0 bridgehead atoms. The van der Waals surface area contributed by atoms with E-state index >= 15 is 0 Å². The Kier molecular flexibility index (Phi) is 4.90. The van der Waals surface area contributed by atoms with Crippen LogP contribution in [-0.4, -0.2) is 36.6 Å². The van der Waals surface area contributed by atoms with E-state index in [0.29, 0.717) is 18.0 Å². The first-order chi connectivity index (χ1) is 11.1. The lowest BCUT2D eigenvalue weighted by Gasteiger charge is -2.23. The SMILES string of the molecule is CN(C)C(CNC(=O)c1cc(-c2cccs2)on1)c1cccs1. The highest BCUT2D eigenvalue weighted by Crippen LogP contribution is 2.25. The normalized spacial score (nSPS) is 12.5. The van der Waals surface area contributed by atoms with Gasteiger partial charge < -0.3 is 14.7 Å². The minimum absolute atomic E-state index is 0.141. The average molecular weight is 347 g/mol. The molecule has 7 heteroatoms. The number of carbonyl (C=O) groups excluding carboxylic acids is 1. The van der Waals surface area contributed by atoms with Crippen LogP contribution in [-0.2, 0) is 0 Å². The fourth-order valence-electron chi connectivity index (χ4n) is 2.22. The van der Waals surface area contributed by atoms with Crippen LogP contribution in [0.5, 0.6) is 0 Å². The highest BCUT2D eigenvalue weighted by Gasteiger charge is 2.19. The molecule has 0 fully saturated rings. The summed E-state index contributed by atoms with van der Waals surface area (Å²) in [6.07, 6.45) is 0. The maximum Gasteiger partial charge on any atom is 0.273 e. The van der Waals surface area contributed by atoms with E-state index in [1.807, 2.05) is 43.1 Å². The van der Waals surface area contributed by atoms with Crippen LogP contribution in [0.15, 0.2) is 45.6 Å². The van der Waals surface area contributed by atoms with Crippen molar-refractivity contribution >= 4 is 28.6 Å². The molecule has 23 heavy (non-hydrogen) atoms. The smallest absolute Gasteiger partial charge is 0.273 e. The highest BCUT2D eigenvalue weighted by molar-refractivity contribution is 7.13. The van der Waals surface area contributed by atoms with Gasteiger partial charge in [-0.2, -0.15) is 0 Å². The molecule has 0 radical (unpaired) electrons. The molecule has 5 nitrogen and oxygen atoms in total. The number of likely N-dealkylation sites (N-methyl/N-ethyl adjacent to an activating group) is 1. The molecular weight excluding hydrogens is 330 g/mol. The fraction of sp³-hybridized carbons (Fsp3) is 0.250. The lowest BCUT2D eigenvalue weighted by atomic mass is 10.2. The van der Waals surface area contributed by atoms with Crippen molar-refractivity contribution in [1.29, 1.82) is 0 Å². The number of hydrogen-bond donors (Lipinski definition) is 1. The van der Waals surface area contributed by atoms with E-state index < -0.39 is 0 Å². The topological polar surface area (TPSA) is 58.4 Å². The lowest BCUT2D eigenvalue weighted by Crippen LogP contribution is -2.34. The van der Waals surface area contributed by atoms with Crippen LogP contribution in [0.1, 0.15) is 21.4 Å². The van der Waals surface area contributed by atoms with Crippen LogP contribution >= 0.6 is 22.7 Å². The number of rotatable bonds is 6. The molecule has 0 saturated carbocycles. The van der Waals surface area contributed by atoms with Gasteiger partial charge in [-0.15, -0.1) is 22.7 Å². The van der Waals surface area contributed by atoms with Crippen molar-refractivity contribution in [2.45, 2.75) is 6.04 Å². The first kappa shape index (κ1) is 15.9. The Hall–Kier alpha value is -1.96. The molecule has 3 aromatic heterocycles. The quantitative estimate of drug-likeness (QED) is 0.741. The Morgan fingerprint density at radius 3 is 2.74 bits per heavy atom. The van der Waals surface area contributed by atoms with Gasteiger partial charge in [-0.3, -0.25) is 4.79 Å². The van der Waals surface area contributed by atoms with Gasteiger partial charge in [0.1, 0.15) is 0 Å². The molecule has 1 N–H and O–H groups in total. The molecule has 0 aromatic carbocycles. The van der Waals surface area contributed by atoms with Gasteiger partial charge in [-0.1, -0.05) is 17.3 Å². The molecule has 0 aliphatic rings. The number of aromatic nitrogens is 1. The number of nitrogens with one attached hydrogen (secondary N) is 1. The summed E-state index contributed by atoms with van der Waals surface area (Å²) in [6, 6.07) is 9.78. The molecule has 1 amide bonds. The second-order valence-electron chi connectivity index (χ2n) is 5.26. The summed E-state index contributed by atoms with van der Waals surface area (Å²) >= 11 is 3.23. The van der Waals surface area contributed by atoms with Crippen molar-refractivity contribution in [1.82, 2.24) is 15.4 Å². The molecule has 1 atom stereocenters. The average Bonchev–Trinajstić information content (AvgIpc) is 3.27. The van der Waals surface area contributed by atoms with Gasteiger partial charge in [0, 0.05) is 17.5 Å². The van der Waals surface area contributed by atoms with E-state index in [2.05, 4.69) is 21.4 Å². The van der Waals surface area contributed by atoms with Gasteiger partial charge in [0.15, 0.2) is 11.5 Å². The van der Waals surface area contributed by atoms with Crippen molar-refractivity contribution in [3.8, 4) is 10.6 Å². The standard InChI is InChI=1S/C16H17N3O2S2/c1-19(2)12(14-5-3-7-22-14)10-17-16(20)11-9-13(21-18-11)15-6-4-8-23-15/h3-9,12H,10H2,1-2H3,(H,17,20). The molecule has 0 spiro atoms. The Bertz CT molecular complexity index is 748. The van der Waals surface area contributed by atoms with Gasteiger partial charge in [0.05, 0.1) is 10.9 Å². The molecule has 0 aliphatic heterocycles. The zero-order valence-electron chi connectivity index (χ0n) is 12.9. The van der Waals surface area contributed by atoms with Crippen molar-refractivity contribution in [2.75, 3.05) is 20.6 Å². The van der Waals surface area contributed by atoms with Crippen LogP contribution < -0.4 is 5.32 Å². The Balaban J connectivity index is 1.65. The van der Waals surface area contributed by atoms with Crippen LogP contribution in [0.25, 0.3) is 10.6 Å². The zero-order chi connectivity index (χ0) is 16.2. The van der Waals surface area contributed by atoms with Crippen LogP contribution in [0.4, 0.5) is 0 Å². The lowest BCUT2D eigenvalue weighted by molar-refractivity contribution is 0.0933. The summed E-state index contributed by atoms with van der Waals surface area (Å²) in [7, 11) is 4.00. The second kappa shape index (κ2) is 7.08. The van der Waals surface area contributed by atoms with Crippen molar-refractivity contribution in [3.63, 3.8) is 0 Å². The van der Waals surface area contributed by atoms with E-state index in [4.69, 9.17) is 4.52 Å². The first-order valence-electron chi connectivity index (χ1n) is 7.14. The fourth-order valence-corrected chi connectivity index (χ4v) is 3.81. The van der Waals surface area contributed by atoms with Gasteiger partial charge in [-0.25, -0.2) is 0 Å². The molecule has 0 aliphatic carbocycles. The van der Waals surface area contributed by atoms with Gasteiger partial charge in [0.2, 0.25) is 0 Å². The molecule has 0 saturated heterocycles. The number of nitrogens with zero attached hydrogens (tertiary/aromatic N) is 2. The maximum atomic E-state index is 12.3. The molecule has 3 aromatic rings. The summed E-state index contributed by atoms with van der Waals surface area (Å²) in [4.78, 5) is 16.5. The largest absolute Gasteiger partial charge is 0.355 e. The molecule has 3 rings (SSSR count). The third-order valence-corrected chi connectivity index (χ3v) is 5.32. The number of hydrogen-bond acceptors (Lipinski definition) is 6. The third-order valence-electron chi connectivity index (χ3n) is 3.46. The Labute approximate surface area is 142 Å². The Morgan fingerprint density at radius 2 is 2.09 bits per heavy atom. The summed E-state index contributed by atoms with van der Waals surface area (Å²) in [5, 5.41) is 10.8. The monoisotopic (exact) mass is 347 g/mol. The minimum atomic E-state index is -0.222. The van der Waals surface area contributed by atoms with E-state index in [9.17, 15) is 4.79 Å². The zero-order valence-corrected chi connectivity index (χ0v) is 14.5. The Morgan fingerprint density at radius 1 is 1.30 bits per heavy atom. The van der Waals surface area contributed by atoms with Gasteiger partial charge >= 0.3 is 0 Å². The number of amides is 1. The molecule has 1 unspecified atom stereocenters. The third kappa shape index (κ3) is 3.69. The molecule has 3 heterocycles. The van der Waals surface area contributed by atoms with E-state index in [-0.39, 0.29) is 11.9 Å². The maximum absolute atomic E-state index is 12.3. The predicted octanol–water partition coefficient (Wildman–Crippen LogP) is 3.50. The van der Waals surface area contributed by atoms with E-state index in [1.54, 1.807) is 28.7 Å².